The van der Waals surface area contributed by atoms with Crippen LogP contribution in [0.5, 0.6) is 5.75 Å². The fourth-order valence-electron chi connectivity index (χ4n) is 1.66. The number of thioether (sulfide) groups is 1. The van der Waals surface area contributed by atoms with Crippen molar-refractivity contribution in [2.75, 3.05) is 18.1 Å². The van der Waals surface area contributed by atoms with E-state index in [1.807, 2.05) is 43.3 Å². The quantitative estimate of drug-likeness (QED) is 0.504. The molecule has 2 rings (SSSR count). The van der Waals surface area contributed by atoms with Crippen LogP contribution in [0.15, 0.2) is 47.4 Å². The molecule has 0 fully saturated rings. The van der Waals surface area contributed by atoms with Crippen LogP contribution < -0.4 is 10.5 Å². The highest BCUT2D eigenvalue weighted by Crippen LogP contribution is 2.26. The van der Waals surface area contributed by atoms with Gasteiger partial charge in [0.2, 0.25) is 0 Å². The van der Waals surface area contributed by atoms with Gasteiger partial charge in [-0.2, -0.15) is 0 Å². The summed E-state index contributed by atoms with van der Waals surface area (Å²) in [5.74, 6) is 1.67. The first-order chi connectivity index (χ1) is 9.16. The largest absolute Gasteiger partial charge is 0.493 e. The van der Waals surface area contributed by atoms with Crippen molar-refractivity contribution in [2.24, 2.45) is 0 Å². The highest BCUT2D eigenvalue weighted by molar-refractivity contribution is 7.99. The smallest absolute Gasteiger partial charge is 0.120 e. The lowest BCUT2D eigenvalue weighted by Crippen LogP contribution is -2.00. The molecule has 4 heteroatoms. The molecule has 0 atom stereocenters. The zero-order valence-electron chi connectivity index (χ0n) is 10.7. The highest BCUT2D eigenvalue weighted by Gasteiger charge is 2.02. The van der Waals surface area contributed by atoms with Crippen LogP contribution in [0.3, 0.4) is 0 Å². The van der Waals surface area contributed by atoms with Crippen molar-refractivity contribution in [2.45, 2.75) is 11.8 Å². The first-order valence-corrected chi connectivity index (χ1v) is 7.39. The molecule has 0 heterocycles. The normalized spacial score (nSPS) is 10.4. The second-order valence-electron chi connectivity index (χ2n) is 4.12. The van der Waals surface area contributed by atoms with E-state index in [0.29, 0.717) is 11.6 Å². The molecule has 0 radical (unpaired) electrons. The van der Waals surface area contributed by atoms with Gasteiger partial charge >= 0.3 is 0 Å². The third-order valence-corrected chi connectivity index (χ3v) is 4.09. The summed E-state index contributed by atoms with van der Waals surface area (Å²) in [4.78, 5) is 1.20. The van der Waals surface area contributed by atoms with Gasteiger partial charge in [-0.15, -0.1) is 11.8 Å². The Morgan fingerprint density at radius 3 is 2.79 bits per heavy atom. The van der Waals surface area contributed by atoms with E-state index in [1.165, 1.54) is 4.90 Å². The Kier molecular flexibility index (Phi) is 5.00. The molecule has 0 spiro atoms. The SMILES string of the molecule is Cc1c(N)cccc1SCCOc1cccc(Cl)c1. The second kappa shape index (κ2) is 6.73. The molecule has 2 nitrogen and oxygen atoms in total. The van der Waals surface area contributed by atoms with Gasteiger partial charge in [-0.25, -0.2) is 0 Å². The number of ether oxygens (including phenoxy) is 1. The van der Waals surface area contributed by atoms with E-state index in [4.69, 9.17) is 22.1 Å². The summed E-state index contributed by atoms with van der Waals surface area (Å²) in [6.07, 6.45) is 0. The van der Waals surface area contributed by atoms with Crippen molar-refractivity contribution in [3.8, 4) is 5.75 Å². The zero-order valence-corrected chi connectivity index (χ0v) is 12.3. The van der Waals surface area contributed by atoms with Crippen molar-refractivity contribution < 1.29 is 4.74 Å². The Hall–Kier alpha value is -1.32. The van der Waals surface area contributed by atoms with Crippen LogP contribution in [0.2, 0.25) is 5.02 Å². The van der Waals surface area contributed by atoms with E-state index in [-0.39, 0.29) is 0 Å². The third kappa shape index (κ3) is 4.08. The van der Waals surface area contributed by atoms with Gasteiger partial charge in [0.25, 0.3) is 0 Å². The Balaban J connectivity index is 1.82. The Bertz CT molecular complexity index is 560. The number of rotatable bonds is 5. The maximum Gasteiger partial charge on any atom is 0.120 e. The lowest BCUT2D eigenvalue weighted by Gasteiger charge is -2.09. The average molecular weight is 294 g/mol. The molecule has 2 aromatic carbocycles. The molecule has 2 N–H and O–H groups in total. The van der Waals surface area contributed by atoms with Gasteiger partial charge in [-0.3, -0.25) is 0 Å². The zero-order chi connectivity index (χ0) is 13.7. The molecule has 0 unspecified atom stereocenters. The molecule has 0 bridgehead atoms. The molecule has 19 heavy (non-hydrogen) atoms. The minimum absolute atomic E-state index is 0.638. The third-order valence-electron chi connectivity index (χ3n) is 2.73. The Morgan fingerprint density at radius 2 is 2.00 bits per heavy atom. The number of halogens is 1. The fraction of sp³-hybridized carbons (Fsp3) is 0.200. The molecule has 0 aromatic heterocycles. The number of benzene rings is 2. The van der Waals surface area contributed by atoms with Crippen LogP contribution in [0.4, 0.5) is 5.69 Å². The summed E-state index contributed by atoms with van der Waals surface area (Å²) in [6, 6.07) is 13.4. The lowest BCUT2D eigenvalue weighted by atomic mass is 10.2. The van der Waals surface area contributed by atoms with E-state index < -0.39 is 0 Å². The average Bonchev–Trinajstić information content (AvgIpc) is 2.39. The van der Waals surface area contributed by atoms with Gasteiger partial charge < -0.3 is 10.5 Å². The Morgan fingerprint density at radius 1 is 1.21 bits per heavy atom. The monoisotopic (exact) mass is 293 g/mol. The fourth-order valence-corrected chi connectivity index (χ4v) is 2.73. The van der Waals surface area contributed by atoms with Crippen molar-refractivity contribution in [1.29, 1.82) is 0 Å². The van der Waals surface area contributed by atoms with E-state index in [1.54, 1.807) is 11.8 Å². The van der Waals surface area contributed by atoms with Crippen molar-refractivity contribution >= 4 is 29.1 Å². The molecule has 0 amide bonds. The second-order valence-corrected chi connectivity index (χ2v) is 5.70. The van der Waals surface area contributed by atoms with Crippen LogP contribution >= 0.6 is 23.4 Å². The summed E-state index contributed by atoms with van der Waals surface area (Å²) in [5, 5.41) is 0.692. The van der Waals surface area contributed by atoms with Crippen LogP contribution in [-0.2, 0) is 0 Å². The standard InChI is InChI=1S/C15H16ClNOS/c1-11-14(17)6-3-7-15(11)19-9-8-18-13-5-2-4-12(16)10-13/h2-7,10H,8-9,17H2,1H3. The summed E-state index contributed by atoms with van der Waals surface area (Å²) >= 11 is 7.64. The molecule has 0 aliphatic carbocycles. The molecule has 0 aliphatic heterocycles. The van der Waals surface area contributed by atoms with E-state index in [0.717, 1.165) is 22.8 Å². The summed E-state index contributed by atoms with van der Waals surface area (Å²) in [5.41, 5.74) is 7.84. The first kappa shape index (κ1) is 14.1. The lowest BCUT2D eigenvalue weighted by molar-refractivity contribution is 0.344. The molecule has 2 aromatic rings. The highest BCUT2D eigenvalue weighted by atomic mass is 35.5. The van der Waals surface area contributed by atoms with Crippen LogP contribution in [0.25, 0.3) is 0 Å². The molecule has 0 saturated heterocycles. The maximum atomic E-state index is 5.89. The molecule has 100 valence electrons. The minimum Gasteiger partial charge on any atom is -0.493 e. The summed E-state index contributed by atoms with van der Waals surface area (Å²) in [7, 11) is 0. The number of hydrogen-bond donors (Lipinski definition) is 1. The number of hydrogen-bond acceptors (Lipinski definition) is 3. The van der Waals surface area contributed by atoms with Crippen LogP contribution in [0.1, 0.15) is 5.56 Å². The van der Waals surface area contributed by atoms with Gasteiger partial charge in [0.1, 0.15) is 5.75 Å². The molecular formula is C15H16ClNOS. The maximum absolute atomic E-state index is 5.89. The molecule has 0 aliphatic rings. The summed E-state index contributed by atoms with van der Waals surface area (Å²) < 4.78 is 5.64. The first-order valence-electron chi connectivity index (χ1n) is 6.03. The topological polar surface area (TPSA) is 35.2 Å². The van der Waals surface area contributed by atoms with Gasteiger partial charge in [0.15, 0.2) is 0 Å². The minimum atomic E-state index is 0.638. The Labute approximate surface area is 122 Å². The number of nitrogen functional groups attached to an aromatic ring is 1. The predicted octanol–water partition coefficient (Wildman–Crippen LogP) is 4.40. The molecule has 0 saturated carbocycles. The van der Waals surface area contributed by atoms with Gasteiger partial charge in [-0.05, 0) is 42.8 Å². The van der Waals surface area contributed by atoms with Crippen molar-refractivity contribution in [3.63, 3.8) is 0 Å². The van der Waals surface area contributed by atoms with Crippen molar-refractivity contribution in [3.05, 3.63) is 53.1 Å². The number of nitrogens with two attached hydrogens (primary N) is 1. The van der Waals surface area contributed by atoms with Crippen LogP contribution in [0, 0.1) is 6.92 Å². The number of anilines is 1. The van der Waals surface area contributed by atoms with E-state index in [9.17, 15) is 0 Å². The molecular weight excluding hydrogens is 278 g/mol. The van der Waals surface area contributed by atoms with Gasteiger partial charge in [-0.1, -0.05) is 23.7 Å². The van der Waals surface area contributed by atoms with E-state index >= 15 is 0 Å². The van der Waals surface area contributed by atoms with Gasteiger partial charge in [0, 0.05) is 21.4 Å². The van der Waals surface area contributed by atoms with E-state index in [2.05, 4.69) is 6.07 Å². The van der Waals surface area contributed by atoms with Crippen LogP contribution in [-0.4, -0.2) is 12.4 Å². The van der Waals surface area contributed by atoms with Gasteiger partial charge in [0.05, 0.1) is 6.61 Å². The summed E-state index contributed by atoms with van der Waals surface area (Å²) in [6.45, 7) is 2.68. The van der Waals surface area contributed by atoms with Crippen molar-refractivity contribution in [1.82, 2.24) is 0 Å². The predicted molar refractivity (Wildman–Crippen MR) is 83.3 cm³/mol.